The van der Waals surface area contributed by atoms with Gasteiger partial charge in [-0.05, 0) is 33.4 Å². The zero-order chi connectivity index (χ0) is 14.8. The van der Waals surface area contributed by atoms with Crippen LogP contribution in [0.25, 0.3) is 0 Å². The highest BCUT2D eigenvalue weighted by Crippen LogP contribution is 2.33. The van der Waals surface area contributed by atoms with Gasteiger partial charge in [-0.15, -0.1) is 0 Å². The first kappa shape index (κ1) is 15.8. The molecule has 1 aromatic rings. The van der Waals surface area contributed by atoms with E-state index in [1.54, 1.807) is 0 Å². The number of halogens is 1. The maximum absolute atomic E-state index is 6.39. The van der Waals surface area contributed by atoms with Gasteiger partial charge in [-0.2, -0.15) is 5.10 Å². The minimum atomic E-state index is 0.318. The molecular formula is C15H27ClN4. The maximum atomic E-state index is 6.39. The standard InChI is InChI=1S/C15H27ClN4/c1-5-12-14(16)13(20(4)18-12)10-17-11-15(19(2)3)8-6-7-9-15/h17H,5-11H2,1-4H3. The molecule has 0 aliphatic heterocycles. The first-order valence-electron chi connectivity index (χ1n) is 7.58. The molecule has 0 bridgehead atoms. The van der Waals surface area contributed by atoms with Crippen molar-refractivity contribution in [3.05, 3.63) is 16.4 Å². The second kappa shape index (κ2) is 6.46. The lowest BCUT2D eigenvalue weighted by atomic mass is 9.96. The number of likely N-dealkylation sites (N-methyl/N-ethyl adjacent to an activating group) is 1. The average Bonchev–Trinajstić information content (AvgIpc) is 2.99. The highest BCUT2D eigenvalue weighted by molar-refractivity contribution is 6.31. The summed E-state index contributed by atoms with van der Waals surface area (Å²) in [4.78, 5) is 2.38. The van der Waals surface area contributed by atoms with Crippen molar-refractivity contribution in [3.63, 3.8) is 0 Å². The number of hydrogen-bond acceptors (Lipinski definition) is 3. The van der Waals surface area contributed by atoms with E-state index in [1.165, 1.54) is 25.7 Å². The van der Waals surface area contributed by atoms with E-state index >= 15 is 0 Å². The third-order valence-corrected chi connectivity index (χ3v) is 5.17. The van der Waals surface area contributed by atoms with Crippen molar-refractivity contribution in [1.82, 2.24) is 20.0 Å². The Kier molecular flexibility index (Phi) is 5.10. The lowest BCUT2D eigenvalue weighted by Gasteiger charge is -2.36. The van der Waals surface area contributed by atoms with Crippen LogP contribution in [0.3, 0.4) is 0 Å². The summed E-state index contributed by atoms with van der Waals surface area (Å²) in [6.45, 7) is 3.89. The first-order chi connectivity index (χ1) is 9.50. The van der Waals surface area contributed by atoms with Gasteiger partial charge in [0.25, 0.3) is 0 Å². The smallest absolute Gasteiger partial charge is 0.0863 e. The Hall–Kier alpha value is -0.580. The molecule has 0 atom stereocenters. The van der Waals surface area contributed by atoms with Crippen LogP contribution in [0.4, 0.5) is 0 Å². The molecule has 0 unspecified atom stereocenters. The molecule has 4 nitrogen and oxygen atoms in total. The Balaban J connectivity index is 1.97. The molecule has 20 heavy (non-hydrogen) atoms. The third kappa shape index (κ3) is 3.02. The highest BCUT2D eigenvalue weighted by Gasteiger charge is 2.35. The SMILES string of the molecule is CCc1nn(C)c(CNCC2(N(C)C)CCCC2)c1Cl. The minimum absolute atomic E-state index is 0.318. The van der Waals surface area contributed by atoms with E-state index in [2.05, 4.69) is 36.3 Å². The third-order valence-electron chi connectivity index (χ3n) is 4.73. The van der Waals surface area contributed by atoms with E-state index in [-0.39, 0.29) is 0 Å². The number of aryl methyl sites for hydroxylation is 2. The molecule has 0 spiro atoms. The van der Waals surface area contributed by atoms with Gasteiger partial charge < -0.3 is 10.2 Å². The van der Waals surface area contributed by atoms with Gasteiger partial charge in [0.2, 0.25) is 0 Å². The fourth-order valence-electron chi connectivity index (χ4n) is 3.24. The van der Waals surface area contributed by atoms with Gasteiger partial charge in [0.15, 0.2) is 0 Å². The predicted octanol–water partition coefficient (Wildman–Crippen LogP) is 2.60. The maximum Gasteiger partial charge on any atom is 0.0863 e. The number of hydrogen-bond donors (Lipinski definition) is 1. The lowest BCUT2D eigenvalue weighted by molar-refractivity contribution is 0.153. The topological polar surface area (TPSA) is 33.1 Å². The van der Waals surface area contributed by atoms with Gasteiger partial charge in [-0.3, -0.25) is 4.68 Å². The van der Waals surface area contributed by atoms with E-state index in [1.807, 2.05) is 11.7 Å². The van der Waals surface area contributed by atoms with Crippen LogP contribution in [-0.2, 0) is 20.0 Å². The van der Waals surface area contributed by atoms with Crippen molar-refractivity contribution in [3.8, 4) is 0 Å². The van der Waals surface area contributed by atoms with Crippen molar-refractivity contribution in [2.24, 2.45) is 7.05 Å². The van der Waals surface area contributed by atoms with Crippen LogP contribution >= 0.6 is 11.6 Å². The summed E-state index contributed by atoms with van der Waals surface area (Å²) < 4.78 is 1.91. The summed E-state index contributed by atoms with van der Waals surface area (Å²) >= 11 is 6.39. The van der Waals surface area contributed by atoms with Gasteiger partial charge >= 0.3 is 0 Å². The second-order valence-electron chi connectivity index (χ2n) is 6.11. The molecule has 0 aromatic carbocycles. The van der Waals surface area contributed by atoms with Crippen LogP contribution < -0.4 is 5.32 Å². The van der Waals surface area contributed by atoms with E-state index in [0.717, 1.165) is 35.9 Å². The summed E-state index contributed by atoms with van der Waals surface area (Å²) in [6.07, 6.45) is 6.13. The predicted molar refractivity (Wildman–Crippen MR) is 84.2 cm³/mol. The zero-order valence-corrected chi connectivity index (χ0v) is 13.9. The molecule has 1 saturated carbocycles. The monoisotopic (exact) mass is 298 g/mol. The van der Waals surface area contributed by atoms with Gasteiger partial charge in [-0.1, -0.05) is 31.4 Å². The normalized spacial score (nSPS) is 18.1. The van der Waals surface area contributed by atoms with Crippen LogP contribution in [0, 0.1) is 0 Å². The van der Waals surface area contributed by atoms with Crippen LogP contribution in [0.1, 0.15) is 44.0 Å². The van der Waals surface area contributed by atoms with Crippen molar-refractivity contribution >= 4 is 11.6 Å². The molecule has 1 aliphatic rings. The summed E-state index contributed by atoms with van der Waals surface area (Å²) in [7, 11) is 6.36. The minimum Gasteiger partial charge on any atom is -0.309 e. The van der Waals surface area contributed by atoms with Gasteiger partial charge in [0.1, 0.15) is 0 Å². The van der Waals surface area contributed by atoms with Crippen LogP contribution in [0.5, 0.6) is 0 Å². The number of nitrogens with one attached hydrogen (secondary N) is 1. The fourth-order valence-corrected chi connectivity index (χ4v) is 3.60. The summed E-state index contributed by atoms with van der Waals surface area (Å²) in [5, 5.41) is 8.89. The number of rotatable bonds is 6. The van der Waals surface area contributed by atoms with Gasteiger partial charge in [0.05, 0.1) is 16.4 Å². The van der Waals surface area contributed by atoms with E-state index < -0.39 is 0 Å². The van der Waals surface area contributed by atoms with Gasteiger partial charge in [-0.25, -0.2) is 0 Å². The molecule has 1 N–H and O–H groups in total. The summed E-state index contributed by atoms with van der Waals surface area (Å²) in [6, 6.07) is 0. The van der Waals surface area contributed by atoms with E-state index in [0.29, 0.717) is 5.54 Å². The van der Waals surface area contributed by atoms with Crippen LogP contribution in [0.15, 0.2) is 0 Å². The Bertz CT molecular complexity index is 447. The Morgan fingerprint density at radius 2 is 2.00 bits per heavy atom. The highest BCUT2D eigenvalue weighted by atomic mass is 35.5. The average molecular weight is 299 g/mol. The quantitative estimate of drug-likeness (QED) is 0.876. The van der Waals surface area contributed by atoms with E-state index in [9.17, 15) is 0 Å². The molecule has 0 saturated heterocycles. The first-order valence-corrected chi connectivity index (χ1v) is 7.96. The molecule has 1 aliphatic carbocycles. The molecule has 0 radical (unpaired) electrons. The molecule has 0 amide bonds. The largest absolute Gasteiger partial charge is 0.309 e. The van der Waals surface area contributed by atoms with Crippen LogP contribution in [-0.4, -0.2) is 40.9 Å². The summed E-state index contributed by atoms with van der Waals surface area (Å²) in [5.41, 5.74) is 2.41. The van der Waals surface area contributed by atoms with Crippen molar-refractivity contribution in [2.45, 2.75) is 51.1 Å². The molecule has 1 heterocycles. The Morgan fingerprint density at radius 1 is 1.35 bits per heavy atom. The molecule has 5 heteroatoms. The van der Waals surface area contributed by atoms with Gasteiger partial charge in [0, 0.05) is 25.7 Å². The number of nitrogens with zero attached hydrogens (tertiary/aromatic N) is 3. The lowest BCUT2D eigenvalue weighted by Crippen LogP contribution is -2.49. The molecular weight excluding hydrogens is 272 g/mol. The molecule has 114 valence electrons. The van der Waals surface area contributed by atoms with Crippen LogP contribution in [0.2, 0.25) is 5.02 Å². The Morgan fingerprint density at radius 3 is 2.50 bits per heavy atom. The van der Waals surface area contributed by atoms with Crippen molar-refractivity contribution in [1.29, 1.82) is 0 Å². The summed E-state index contributed by atoms with van der Waals surface area (Å²) in [5.74, 6) is 0. The molecule has 2 rings (SSSR count). The van der Waals surface area contributed by atoms with Crippen molar-refractivity contribution in [2.75, 3.05) is 20.6 Å². The van der Waals surface area contributed by atoms with E-state index in [4.69, 9.17) is 11.6 Å². The second-order valence-corrected chi connectivity index (χ2v) is 6.49. The molecule has 1 fully saturated rings. The number of aromatic nitrogens is 2. The van der Waals surface area contributed by atoms with Crippen molar-refractivity contribution < 1.29 is 0 Å². The molecule has 1 aromatic heterocycles. The Labute approximate surface area is 127 Å². The fraction of sp³-hybridized carbons (Fsp3) is 0.800. The zero-order valence-electron chi connectivity index (χ0n) is 13.2.